The van der Waals surface area contributed by atoms with E-state index in [1.165, 1.54) is 21.6 Å². The summed E-state index contributed by atoms with van der Waals surface area (Å²) in [6, 6.07) is 14.6. The lowest BCUT2D eigenvalue weighted by atomic mass is 10.0. The molecule has 0 aliphatic rings. The minimum Gasteiger partial charge on any atom is -0.388 e. The first-order valence-electron chi connectivity index (χ1n) is 6.51. The van der Waals surface area contributed by atoms with Crippen LogP contribution in [0.5, 0.6) is 0 Å². The van der Waals surface area contributed by atoms with E-state index in [0.29, 0.717) is 5.75 Å². The fourth-order valence-corrected chi connectivity index (χ4v) is 2.75. The molecule has 1 atom stereocenters. The van der Waals surface area contributed by atoms with Crippen LogP contribution >= 0.6 is 11.8 Å². The van der Waals surface area contributed by atoms with E-state index in [9.17, 15) is 5.11 Å². The molecule has 0 fully saturated rings. The summed E-state index contributed by atoms with van der Waals surface area (Å²) in [7, 11) is 0. The molecule has 0 aliphatic heterocycles. The first kappa shape index (κ1) is 14.2. The van der Waals surface area contributed by atoms with Gasteiger partial charge in [-0.2, -0.15) is 0 Å². The average Bonchev–Trinajstić information content (AvgIpc) is 2.41. The normalized spacial score (nSPS) is 12.4. The highest BCUT2D eigenvalue weighted by molar-refractivity contribution is 7.99. The summed E-state index contributed by atoms with van der Waals surface area (Å²) in [5, 5.41) is 10.2. The molecule has 0 amide bonds. The van der Waals surface area contributed by atoms with Crippen LogP contribution in [-0.2, 0) is 0 Å². The number of benzene rings is 2. The lowest BCUT2D eigenvalue weighted by Crippen LogP contribution is -2.01. The van der Waals surface area contributed by atoms with E-state index in [1.807, 2.05) is 6.07 Å². The van der Waals surface area contributed by atoms with E-state index in [1.54, 1.807) is 11.8 Å². The van der Waals surface area contributed by atoms with E-state index in [4.69, 9.17) is 0 Å². The van der Waals surface area contributed by atoms with Crippen LogP contribution in [0.1, 0.15) is 28.4 Å². The zero-order valence-corrected chi connectivity index (χ0v) is 12.5. The average molecular weight is 272 g/mol. The van der Waals surface area contributed by atoms with Gasteiger partial charge in [-0.05, 0) is 49.6 Å². The molecule has 0 spiro atoms. The molecule has 2 aromatic carbocycles. The third-order valence-corrected chi connectivity index (χ3v) is 4.43. The molecule has 100 valence electrons. The second-order valence-corrected chi connectivity index (χ2v) is 6.08. The van der Waals surface area contributed by atoms with Crippen molar-refractivity contribution < 1.29 is 5.11 Å². The van der Waals surface area contributed by atoms with Gasteiger partial charge >= 0.3 is 0 Å². The summed E-state index contributed by atoms with van der Waals surface area (Å²) < 4.78 is 0. The minimum absolute atomic E-state index is 0.411. The van der Waals surface area contributed by atoms with Crippen LogP contribution in [0, 0.1) is 20.8 Å². The second-order valence-electron chi connectivity index (χ2n) is 4.98. The fourth-order valence-electron chi connectivity index (χ4n) is 1.88. The monoisotopic (exact) mass is 272 g/mol. The zero-order valence-electron chi connectivity index (χ0n) is 11.7. The Morgan fingerprint density at radius 2 is 1.63 bits per heavy atom. The molecule has 0 bridgehead atoms. The fraction of sp³-hybridized carbons (Fsp3) is 0.294. The summed E-state index contributed by atoms with van der Waals surface area (Å²) in [4.78, 5) is 1.20. The highest BCUT2D eigenvalue weighted by atomic mass is 32.2. The van der Waals surface area contributed by atoms with E-state index in [2.05, 4.69) is 57.2 Å². The van der Waals surface area contributed by atoms with E-state index >= 15 is 0 Å². The number of hydrogen-bond donors (Lipinski definition) is 1. The molecule has 2 aromatic rings. The lowest BCUT2D eigenvalue weighted by Gasteiger charge is -2.12. The SMILES string of the molecule is Cc1ccc(SCC(O)c2ccc(C)c(C)c2)cc1. The van der Waals surface area contributed by atoms with Crippen molar-refractivity contribution in [3.63, 3.8) is 0 Å². The summed E-state index contributed by atoms with van der Waals surface area (Å²) in [6.07, 6.45) is -0.411. The van der Waals surface area contributed by atoms with Crippen LogP contribution in [0.2, 0.25) is 0 Å². The molecule has 0 aromatic heterocycles. The van der Waals surface area contributed by atoms with Gasteiger partial charge < -0.3 is 5.11 Å². The Hall–Kier alpha value is -1.25. The quantitative estimate of drug-likeness (QED) is 0.830. The predicted molar refractivity (Wildman–Crippen MR) is 82.8 cm³/mol. The predicted octanol–water partition coefficient (Wildman–Crippen LogP) is 4.44. The first-order chi connectivity index (χ1) is 9.06. The Morgan fingerprint density at radius 1 is 0.947 bits per heavy atom. The molecular weight excluding hydrogens is 252 g/mol. The van der Waals surface area contributed by atoms with Crippen molar-refractivity contribution in [2.45, 2.75) is 31.8 Å². The second kappa shape index (κ2) is 6.27. The highest BCUT2D eigenvalue weighted by Crippen LogP contribution is 2.25. The largest absolute Gasteiger partial charge is 0.388 e. The highest BCUT2D eigenvalue weighted by Gasteiger charge is 2.09. The smallest absolute Gasteiger partial charge is 0.0884 e. The van der Waals surface area contributed by atoms with Crippen LogP contribution in [0.4, 0.5) is 0 Å². The number of hydrogen-bond acceptors (Lipinski definition) is 2. The Bertz CT molecular complexity index is 546. The van der Waals surface area contributed by atoms with Gasteiger partial charge in [-0.3, -0.25) is 0 Å². The van der Waals surface area contributed by atoms with Gasteiger partial charge in [0.1, 0.15) is 0 Å². The summed E-state index contributed by atoms with van der Waals surface area (Å²) >= 11 is 1.69. The van der Waals surface area contributed by atoms with Crippen molar-refractivity contribution in [2.75, 3.05) is 5.75 Å². The van der Waals surface area contributed by atoms with Gasteiger partial charge in [0.05, 0.1) is 6.10 Å². The van der Waals surface area contributed by atoms with Gasteiger partial charge in [0.2, 0.25) is 0 Å². The molecule has 0 heterocycles. The maximum Gasteiger partial charge on any atom is 0.0884 e. The van der Waals surface area contributed by atoms with Gasteiger partial charge in [-0.25, -0.2) is 0 Å². The van der Waals surface area contributed by atoms with Crippen molar-refractivity contribution in [3.05, 3.63) is 64.7 Å². The number of aliphatic hydroxyl groups excluding tert-OH is 1. The number of thioether (sulfide) groups is 1. The van der Waals surface area contributed by atoms with E-state index in [0.717, 1.165) is 5.56 Å². The van der Waals surface area contributed by atoms with Crippen LogP contribution in [-0.4, -0.2) is 10.9 Å². The number of aliphatic hydroxyl groups is 1. The Kier molecular flexibility index (Phi) is 4.67. The molecular formula is C17H20OS. The molecule has 1 nitrogen and oxygen atoms in total. The lowest BCUT2D eigenvalue weighted by molar-refractivity contribution is 0.204. The van der Waals surface area contributed by atoms with Crippen molar-refractivity contribution in [3.8, 4) is 0 Å². The number of rotatable bonds is 4. The van der Waals surface area contributed by atoms with Crippen molar-refractivity contribution in [2.24, 2.45) is 0 Å². The minimum atomic E-state index is -0.411. The van der Waals surface area contributed by atoms with Crippen LogP contribution < -0.4 is 0 Å². The molecule has 2 rings (SSSR count). The first-order valence-corrected chi connectivity index (χ1v) is 7.49. The van der Waals surface area contributed by atoms with Gasteiger partial charge in [0.15, 0.2) is 0 Å². The van der Waals surface area contributed by atoms with Crippen LogP contribution in [0.3, 0.4) is 0 Å². The standard InChI is InChI=1S/C17H20OS/c1-12-4-8-16(9-5-12)19-11-17(18)15-7-6-13(2)14(3)10-15/h4-10,17-18H,11H2,1-3H3. The maximum absolute atomic E-state index is 10.2. The van der Waals surface area contributed by atoms with E-state index in [-0.39, 0.29) is 0 Å². The summed E-state index contributed by atoms with van der Waals surface area (Å²) in [5.41, 5.74) is 4.76. The molecule has 0 saturated heterocycles. The third kappa shape index (κ3) is 3.85. The molecule has 0 aliphatic carbocycles. The van der Waals surface area contributed by atoms with E-state index < -0.39 is 6.10 Å². The molecule has 1 N–H and O–H groups in total. The summed E-state index contributed by atoms with van der Waals surface area (Å²) in [5.74, 6) is 0.686. The zero-order chi connectivity index (χ0) is 13.8. The Morgan fingerprint density at radius 3 is 2.26 bits per heavy atom. The topological polar surface area (TPSA) is 20.2 Å². The van der Waals surface area contributed by atoms with Crippen molar-refractivity contribution in [1.82, 2.24) is 0 Å². The van der Waals surface area contributed by atoms with Crippen LogP contribution in [0.25, 0.3) is 0 Å². The summed E-state index contributed by atoms with van der Waals surface area (Å²) in [6.45, 7) is 6.25. The Balaban J connectivity index is 1.98. The van der Waals surface area contributed by atoms with Gasteiger partial charge in [0, 0.05) is 10.6 Å². The molecule has 1 unspecified atom stereocenters. The van der Waals surface area contributed by atoms with Gasteiger partial charge in [0.25, 0.3) is 0 Å². The third-order valence-electron chi connectivity index (χ3n) is 3.34. The van der Waals surface area contributed by atoms with Gasteiger partial charge in [-0.1, -0.05) is 35.9 Å². The molecule has 2 heteroatoms. The van der Waals surface area contributed by atoms with Crippen LogP contribution in [0.15, 0.2) is 47.4 Å². The molecule has 19 heavy (non-hydrogen) atoms. The molecule has 0 radical (unpaired) electrons. The maximum atomic E-state index is 10.2. The molecule has 0 saturated carbocycles. The number of aryl methyl sites for hydroxylation is 3. The van der Waals surface area contributed by atoms with Crippen molar-refractivity contribution >= 4 is 11.8 Å². The van der Waals surface area contributed by atoms with Gasteiger partial charge in [-0.15, -0.1) is 11.8 Å². The Labute approximate surface area is 119 Å². The van der Waals surface area contributed by atoms with Crippen molar-refractivity contribution in [1.29, 1.82) is 0 Å².